The van der Waals surface area contributed by atoms with Crippen molar-refractivity contribution in [2.45, 2.75) is 38.1 Å². The van der Waals surface area contributed by atoms with Crippen LogP contribution in [-0.4, -0.2) is 12.1 Å². The number of halogens is 1. The maximum absolute atomic E-state index is 6.00. The average molecular weight is 242 g/mol. The summed E-state index contributed by atoms with van der Waals surface area (Å²) in [5.74, 6) is 1.48. The van der Waals surface area contributed by atoms with Crippen LogP contribution < -0.4 is 10.5 Å². The van der Waals surface area contributed by atoms with Gasteiger partial charge in [0.2, 0.25) is 0 Å². The lowest BCUT2D eigenvalue weighted by molar-refractivity contribution is 0.276. The van der Waals surface area contributed by atoms with Gasteiger partial charge in [0, 0.05) is 0 Å². The smallest absolute Gasteiger partial charge is 0.122 e. The summed E-state index contributed by atoms with van der Waals surface area (Å²) in [7, 11) is 0. The van der Waals surface area contributed by atoms with Gasteiger partial charge in [-0.3, -0.25) is 0 Å². The molecule has 0 aliphatic heterocycles. The maximum Gasteiger partial charge on any atom is 0.122 e. The number of para-hydroxylation sites is 1. The first kappa shape index (κ1) is 13.3. The Labute approximate surface area is 104 Å². The molecule has 0 saturated heterocycles. The minimum atomic E-state index is -0.0376. The van der Waals surface area contributed by atoms with E-state index in [0.717, 1.165) is 18.6 Å². The molecule has 0 spiro atoms. The zero-order valence-electron chi connectivity index (χ0n) is 9.90. The molecule has 90 valence electrons. The van der Waals surface area contributed by atoms with Crippen LogP contribution in [0.15, 0.2) is 24.3 Å². The molecule has 1 aliphatic rings. The summed E-state index contributed by atoms with van der Waals surface area (Å²) < 4.78 is 5.80. The summed E-state index contributed by atoms with van der Waals surface area (Å²) in [5.41, 5.74) is 7.22. The van der Waals surface area contributed by atoms with Crippen LogP contribution in [0.4, 0.5) is 0 Å². The van der Waals surface area contributed by atoms with Crippen LogP contribution in [0.25, 0.3) is 0 Å². The molecule has 0 aromatic heterocycles. The molecule has 0 unspecified atom stereocenters. The zero-order chi connectivity index (χ0) is 10.9. The first-order valence-corrected chi connectivity index (χ1v) is 5.61. The zero-order valence-corrected chi connectivity index (χ0v) is 10.7. The van der Waals surface area contributed by atoms with Gasteiger partial charge in [0.05, 0.1) is 5.54 Å². The topological polar surface area (TPSA) is 35.2 Å². The Morgan fingerprint density at radius 3 is 2.50 bits per heavy atom. The van der Waals surface area contributed by atoms with Crippen molar-refractivity contribution in [3.63, 3.8) is 0 Å². The Morgan fingerprint density at radius 2 is 1.94 bits per heavy atom. The SMILES string of the molecule is CC(C)c1ccccc1OCC1(N)CC1.Cl. The third-order valence-electron chi connectivity index (χ3n) is 2.95. The fraction of sp³-hybridized carbons (Fsp3) is 0.538. The molecule has 0 atom stereocenters. The van der Waals surface area contributed by atoms with Crippen molar-refractivity contribution in [3.05, 3.63) is 29.8 Å². The number of hydrogen-bond donors (Lipinski definition) is 1. The highest BCUT2D eigenvalue weighted by molar-refractivity contribution is 5.85. The van der Waals surface area contributed by atoms with E-state index in [1.165, 1.54) is 5.56 Å². The number of ether oxygens (including phenoxy) is 1. The summed E-state index contributed by atoms with van der Waals surface area (Å²) in [4.78, 5) is 0. The average Bonchev–Trinajstić information content (AvgIpc) is 2.95. The molecule has 3 heteroatoms. The lowest BCUT2D eigenvalue weighted by Gasteiger charge is -2.16. The quantitative estimate of drug-likeness (QED) is 0.879. The van der Waals surface area contributed by atoms with Gasteiger partial charge >= 0.3 is 0 Å². The van der Waals surface area contributed by atoms with E-state index in [4.69, 9.17) is 10.5 Å². The number of rotatable bonds is 4. The Bertz CT molecular complexity index is 348. The van der Waals surface area contributed by atoms with E-state index >= 15 is 0 Å². The summed E-state index contributed by atoms with van der Waals surface area (Å²) in [5, 5.41) is 0. The van der Waals surface area contributed by atoms with Crippen LogP contribution in [0, 0.1) is 0 Å². The molecule has 0 heterocycles. The van der Waals surface area contributed by atoms with Crippen LogP contribution in [-0.2, 0) is 0 Å². The summed E-state index contributed by atoms with van der Waals surface area (Å²) in [6.45, 7) is 5.01. The van der Waals surface area contributed by atoms with Gasteiger partial charge in [-0.1, -0.05) is 32.0 Å². The molecule has 2 rings (SSSR count). The Morgan fingerprint density at radius 1 is 1.31 bits per heavy atom. The van der Waals surface area contributed by atoms with Crippen LogP contribution >= 0.6 is 12.4 Å². The van der Waals surface area contributed by atoms with Crippen molar-refractivity contribution >= 4 is 12.4 Å². The Hall–Kier alpha value is -0.730. The van der Waals surface area contributed by atoms with Gasteiger partial charge in [-0.05, 0) is 30.4 Å². The minimum absolute atomic E-state index is 0. The van der Waals surface area contributed by atoms with Gasteiger partial charge < -0.3 is 10.5 Å². The van der Waals surface area contributed by atoms with Crippen LogP contribution in [0.5, 0.6) is 5.75 Å². The fourth-order valence-corrected chi connectivity index (χ4v) is 1.62. The highest BCUT2D eigenvalue weighted by Crippen LogP contribution is 2.34. The van der Waals surface area contributed by atoms with E-state index in [9.17, 15) is 0 Å². The molecule has 1 aliphatic carbocycles. The molecule has 0 bridgehead atoms. The highest BCUT2D eigenvalue weighted by atomic mass is 35.5. The standard InChI is InChI=1S/C13H19NO.ClH/c1-10(2)11-5-3-4-6-12(11)15-9-13(14)7-8-13;/h3-6,10H,7-9,14H2,1-2H3;1H. The predicted molar refractivity (Wildman–Crippen MR) is 69.4 cm³/mol. The lowest BCUT2D eigenvalue weighted by Crippen LogP contribution is -2.30. The second-order valence-corrected chi connectivity index (χ2v) is 4.84. The van der Waals surface area contributed by atoms with Gasteiger partial charge in [0.15, 0.2) is 0 Å². The van der Waals surface area contributed by atoms with Crippen molar-refractivity contribution in [3.8, 4) is 5.75 Å². The molecule has 1 fully saturated rings. The number of nitrogens with two attached hydrogens (primary N) is 1. The fourth-order valence-electron chi connectivity index (χ4n) is 1.62. The van der Waals surface area contributed by atoms with Gasteiger partial charge in [-0.2, -0.15) is 0 Å². The third kappa shape index (κ3) is 3.13. The van der Waals surface area contributed by atoms with Gasteiger partial charge in [-0.15, -0.1) is 12.4 Å². The molecule has 2 nitrogen and oxygen atoms in total. The van der Waals surface area contributed by atoms with Crippen LogP contribution in [0.3, 0.4) is 0 Å². The first-order valence-electron chi connectivity index (χ1n) is 5.61. The molecule has 16 heavy (non-hydrogen) atoms. The van der Waals surface area contributed by atoms with Crippen LogP contribution in [0.2, 0.25) is 0 Å². The largest absolute Gasteiger partial charge is 0.491 e. The summed E-state index contributed by atoms with van der Waals surface area (Å²) in [6, 6.07) is 8.21. The van der Waals surface area contributed by atoms with Crippen molar-refractivity contribution in [1.29, 1.82) is 0 Å². The first-order chi connectivity index (χ1) is 7.11. The van der Waals surface area contributed by atoms with Gasteiger partial charge in [0.1, 0.15) is 12.4 Å². The van der Waals surface area contributed by atoms with Crippen molar-refractivity contribution in [2.75, 3.05) is 6.61 Å². The van der Waals surface area contributed by atoms with Crippen molar-refractivity contribution < 1.29 is 4.74 Å². The number of hydrogen-bond acceptors (Lipinski definition) is 2. The Balaban J connectivity index is 0.00000128. The maximum atomic E-state index is 6.00. The molecular weight excluding hydrogens is 222 g/mol. The van der Waals surface area contributed by atoms with Gasteiger partial charge in [-0.25, -0.2) is 0 Å². The van der Waals surface area contributed by atoms with E-state index in [1.807, 2.05) is 12.1 Å². The van der Waals surface area contributed by atoms with E-state index in [1.54, 1.807) is 0 Å². The normalized spacial score (nSPS) is 16.8. The van der Waals surface area contributed by atoms with E-state index in [-0.39, 0.29) is 17.9 Å². The van der Waals surface area contributed by atoms with Crippen LogP contribution in [0.1, 0.15) is 38.2 Å². The third-order valence-corrected chi connectivity index (χ3v) is 2.95. The molecule has 1 saturated carbocycles. The molecule has 2 N–H and O–H groups in total. The van der Waals surface area contributed by atoms with Crippen molar-refractivity contribution in [1.82, 2.24) is 0 Å². The molecule has 0 amide bonds. The van der Waals surface area contributed by atoms with E-state index in [2.05, 4.69) is 26.0 Å². The summed E-state index contributed by atoms with van der Waals surface area (Å²) >= 11 is 0. The summed E-state index contributed by atoms with van der Waals surface area (Å²) in [6.07, 6.45) is 2.19. The lowest BCUT2D eigenvalue weighted by atomic mass is 10.0. The number of benzene rings is 1. The second-order valence-electron chi connectivity index (χ2n) is 4.84. The Kier molecular flexibility index (Phi) is 4.22. The van der Waals surface area contributed by atoms with Crippen molar-refractivity contribution in [2.24, 2.45) is 5.73 Å². The molecule has 1 aromatic rings. The van der Waals surface area contributed by atoms with E-state index in [0.29, 0.717) is 12.5 Å². The minimum Gasteiger partial charge on any atom is -0.491 e. The molecule has 1 aromatic carbocycles. The monoisotopic (exact) mass is 241 g/mol. The molecule has 0 radical (unpaired) electrons. The highest BCUT2D eigenvalue weighted by Gasteiger charge is 2.39. The second kappa shape index (κ2) is 5.07. The van der Waals surface area contributed by atoms with Gasteiger partial charge in [0.25, 0.3) is 0 Å². The molecular formula is C13H20ClNO. The van der Waals surface area contributed by atoms with E-state index < -0.39 is 0 Å². The predicted octanol–water partition coefficient (Wildman–Crippen LogP) is 3.10.